The molecule has 2 unspecified atom stereocenters. The van der Waals surface area contributed by atoms with Crippen molar-refractivity contribution in [2.75, 3.05) is 0 Å². The summed E-state index contributed by atoms with van der Waals surface area (Å²) in [5.74, 6) is 0.717. The van der Waals surface area contributed by atoms with E-state index in [-0.39, 0.29) is 5.92 Å². The van der Waals surface area contributed by atoms with Crippen molar-refractivity contribution in [3.05, 3.63) is 192 Å². The lowest BCUT2D eigenvalue weighted by Gasteiger charge is -2.24. The zero-order valence-electron chi connectivity index (χ0n) is 26.3. The lowest BCUT2D eigenvalue weighted by Crippen LogP contribution is -2.14. The number of para-hydroxylation sites is 1. The Morgan fingerprint density at radius 1 is 0.574 bits per heavy atom. The molecule has 0 radical (unpaired) electrons. The summed E-state index contributed by atoms with van der Waals surface area (Å²) in [6, 6.07) is 46.7. The zero-order chi connectivity index (χ0) is 31.2. The van der Waals surface area contributed by atoms with Crippen LogP contribution in [0.15, 0.2) is 174 Å². The normalized spacial score (nSPS) is 18.6. The molecule has 0 spiro atoms. The topological polar surface area (TPSA) is 12.4 Å². The van der Waals surface area contributed by atoms with Gasteiger partial charge in [0.2, 0.25) is 0 Å². The molecule has 47 heavy (non-hydrogen) atoms. The third kappa shape index (κ3) is 4.91. The molecule has 0 amide bonds. The van der Waals surface area contributed by atoms with Crippen molar-refractivity contribution < 1.29 is 0 Å². The Hall–Kier alpha value is -5.53. The third-order valence-electron chi connectivity index (χ3n) is 10.2. The van der Waals surface area contributed by atoms with E-state index in [1.165, 1.54) is 66.1 Å². The number of fused-ring (bicyclic) bond motifs is 4. The van der Waals surface area contributed by atoms with Crippen LogP contribution >= 0.6 is 0 Å². The van der Waals surface area contributed by atoms with E-state index in [4.69, 9.17) is 4.99 Å². The van der Waals surface area contributed by atoms with Crippen LogP contribution in [0.3, 0.4) is 0 Å². The Labute approximate surface area is 276 Å². The van der Waals surface area contributed by atoms with Gasteiger partial charge in [0.15, 0.2) is 0 Å². The first-order valence-electron chi connectivity index (χ1n) is 16.8. The SMILES string of the molecule is C1=CC2=CC(c3c4ccccc4c(-c4ccc(C5=Nc6ccccc6CCC5c5ccccc5)cc4)c4ccccc34)=CCC2C=C1. The Morgan fingerprint density at radius 2 is 1.21 bits per heavy atom. The second-order valence-corrected chi connectivity index (χ2v) is 12.9. The zero-order valence-corrected chi connectivity index (χ0v) is 26.3. The molecule has 6 aromatic carbocycles. The van der Waals surface area contributed by atoms with E-state index in [0.717, 1.165) is 30.7 Å². The maximum atomic E-state index is 5.36. The van der Waals surface area contributed by atoms with E-state index in [0.29, 0.717) is 5.92 Å². The Kier molecular flexibility index (Phi) is 6.90. The first-order valence-corrected chi connectivity index (χ1v) is 16.8. The first-order chi connectivity index (χ1) is 23.3. The van der Waals surface area contributed by atoms with Crippen LogP contribution in [0.4, 0.5) is 5.69 Å². The molecule has 0 fully saturated rings. The maximum Gasteiger partial charge on any atom is 0.0665 e. The highest BCUT2D eigenvalue weighted by atomic mass is 14.8. The first kappa shape index (κ1) is 27.8. The largest absolute Gasteiger partial charge is 0.252 e. The Bertz CT molecular complexity index is 2250. The summed E-state index contributed by atoms with van der Waals surface area (Å²) in [6.45, 7) is 0. The van der Waals surface area contributed by atoms with Gasteiger partial charge < -0.3 is 0 Å². The molecule has 1 heteroatoms. The van der Waals surface area contributed by atoms with Crippen LogP contribution in [-0.4, -0.2) is 5.71 Å². The summed E-state index contributed by atoms with van der Waals surface area (Å²) < 4.78 is 0. The van der Waals surface area contributed by atoms with Crippen LogP contribution in [0.5, 0.6) is 0 Å². The molecular formula is C46H35N. The monoisotopic (exact) mass is 601 g/mol. The van der Waals surface area contributed by atoms with Gasteiger partial charge in [0.1, 0.15) is 0 Å². The van der Waals surface area contributed by atoms with Crippen molar-refractivity contribution in [1.29, 1.82) is 0 Å². The molecule has 0 N–H and O–H groups in total. The fraction of sp³-hybridized carbons (Fsp3) is 0.109. The van der Waals surface area contributed by atoms with Crippen molar-refractivity contribution in [2.24, 2.45) is 10.9 Å². The number of aryl methyl sites for hydroxylation is 1. The van der Waals surface area contributed by atoms with Gasteiger partial charge in [-0.05, 0) is 91.4 Å². The number of rotatable bonds is 4. The molecule has 224 valence electrons. The lowest BCUT2D eigenvalue weighted by molar-refractivity contribution is 0.776. The molecule has 1 aliphatic heterocycles. The molecule has 6 aromatic rings. The maximum absolute atomic E-state index is 5.36. The van der Waals surface area contributed by atoms with Crippen molar-refractivity contribution in [2.45, 2.75) is 25.2 Å². The number of benzene rings is 6. The van der Waals surface area contributed by atoms with Gasteiger partial charge >= 0.3 is 0 Å². The summed E-state index contributed by atoms with van der Waals surface area (Å²) in [4.78, 5) is 5.36. The fourth-order valence-corrected chi connectivity index (χ4v) is 7.95. The molecule has 0 saturated carbocycles. The number of aliphatic imine (C=N–C) groups is 1. The van der Waals surface area contributed by atoms with E-state index in [2.05, 4.69) is 164 Å². The van der Waals surface area contributed by atoms with Crippen molar-refractivity contribution in [1.82, 2.24) is 0 Å². The van der Waals surface area contributed by atoms with Gasteiger partial charge in [-0.1, -0.05) is 158 Å². The predicted octanol–water partition coefficient (Wildman–Crippen LogP) is 12.0. The highest BCUT2D eigenvalue weighted by Gasteiger charge is 2.25. The number of hydrogen-bond donors (Lipinski definition) is 0. The molecule has 1 nitrogen and oxygen atoms in total. The molecule has 3 aliphatic rings. The summed E-state index contributed by atoms with van der Waals surface area (Å²) in [6.07, 6.45) is 16.9. The van der Waals surface area contributed by atoms with E-state index in [9.17, 15) is 0 Å². The van der Waals surface area contributed by atoms with E-state index in [1.54, 1.807) is 0 Å². The minimum absolute atomic E-state index is 0.238. The van der Waals surface area contributed by atoms with Crippen LogP contribution in [0.25, 0.3) is 38.2 Å². The van der Waals surface area contributed by atoms with Gasteiger partial charge in [0, 0.05) is 11.8 Å². The molecule has 1 heterocycles. The predicted molar refractivity (Wildman–Crippen MR) is 199 cm³/mol. The van der Waals surface area contributed by atoms with Gasteiger partial charge in [-0.2, -0.15) is 0 Å². The van der Waals surface area contributed by atoms with Crippen molar-refractivity contribution >= 4 is 38.5 Å². The average Bonchev–Trinajstić information content (AvgIpc) is 3.34. The van der Waals surface area contributed by atoms with Crippen LogP contribution in [-0.2, 0) is 6.42 Å². The van der Waals surface area contributed by atoms with E-state index >= 15 is 0 Å². The molecule has 0 aromatic heterocycles. The highest BCUT2D eigenvalue weighted by Crippen LogP contribution is 2.44. The van der Waals surface area contributed by atoms with E-state index in [1.807, 2.05) is 0 Å². The number of allylic oxidation sites excluding steroid dienone is 8. The van der Waals surface area contributed by atoms with Gasteiger partial charge in [0.05, 0.1) is 11.4 Å². The van der Waals surface area contributed by atoms with Gasteiger partial charge in [-0.3, -0.25) is 4.99 Å². The fourth-order valence-electron chi connectivity index (χ4n) is 7.95. The molecule has 2 aliphatic carbocycles. The quantitative estimate of drug-likeness (QED) is 0.178. The summed E-state index contributed by atoms with van der Waals surface area (Å²) in [5, 5.41) is 5.18. The third-order valence-corrected chi connectivity index (χ3v) is 10.2. The minimum Gasteiger partial charge on any atom is -0.252 e. The van der Waals surface area contributed by atoms with Crippen LogP contribution in [0.2, 0.25) is 0 Å². The van der Waals surface area contributed by atoms with Crippen LogP contribution in [0, 0.1) is 5.92 Å². The second-order valence-electron chi connectivity index (χ2n) is 12.9. The van der Waals surface area contributed by atoms with Crippen LogP contribution < -0.4 is 0 Å². The highest BCUT2D eigenvalue weighted by molar-refractivity contribution is 6.19. The van der Waals surface area contributed by atoms with Crippen LogP contribution in [0.1, 0.15) is 41.0 Å². The van der Waals surface area contributed by atoms with Crippen molar-refractivity contribution in [3.63, 3.8) is 0 Å². The smallest absolute Gasteiger partial charge is 0.0665 e. The molecule has 2 atom stereocenters. The lowest BCUT2D eigenvalue weighted by atomic mass is 9.80. The molecule has 9 rings (SSSR count). The molecule has 0 bridgehead atoms. The molecule has 0 saturated heterocycles. The second kappa shape index (κ2) is 11.7. The number of hydrogen-bond acceptors (Lipinski definition) is 1. The summed E-state index contributed by atoms with van der Waals surface area (Å²) in [7, 11) is 0. The average molecular weight is 602 g/mol. The summed E-state index contributed by atoms with van der Waals surface area (Å²) in [5.41, 5.74) is 12.7. The van der Waals surface area contributed by atoms with Gasteiger partial charge in [-0.25, -0.2) is 0 Å². The number of nitrogens with zero attached hydrogens (tertiary/aromatic N) is 1. The van der Waals surface area contributed by atoms with Gasteiger partial charge in [-0.15, -0.1) is 0 Å². The summed E-state index contributed by atoms with van der Waals surface area (Å²) >= 11 is 0. The Balaban J connectivity index is 1.19. The van der Waals surface area contributed by atoms with Gasteiger partial charge in [0.25, 0.3) is 0 Å². The van der Waals surface area contributed by atoms with Crippen molar-refractivity contribution in [3.8, 4) is 11.1 Å². The standard InChI is InChI=1S/C46H35N/c1-2-13-32(14-3-1)38-29-28-33-15-6-11-21-43(33)47-46(38)35-25-23-34(24-26-35)44-39-17-7-9-19-41(39)45(42-20-10-8-18-40(42)44)37-27-22-31-12-4-5-16-36(31)30-37/h1-21,23-27,30-31,38H,22,28-29H2. The Morgan fingerprint density at radius 3 is 1.96 bits per heavy atom. The molecular weight excluding hydrogens is 567 g/mol. The minimum atomic E-state index is 0.238. The van der Waals surface area contributed by atoms with E-state index < -0.39 is 0 Å².